The number of ether oxygens (including phenoxy) is 1. The first-order chi connectivity index (χ1) is 12.4. The Morgan fingerprint density at radius 3 is 2.69 bits per heavy atom. The van der Waals surface area contributed by atoms with E-state index in [4.69, 9.17) is 10.5 Å². The quantitative estimate of drug-likeness (QED) is 0.706. The molecule has 2 atom stereocenters. The fourth-order valence-corrected chi connectivity index (χ4v) is 4.71. The zero-order valence-electron chi connectivity index (χ0n) is 14.6. The van der Waals surface area contributed by atoms with Crippen molar-refractivity contribution in [2.45, 2.75) is 55.8 Å². The van der Waals surface area contributed by atoms with E-state index in [2.05, 4.69) is 26.1 Å². The van der Waals surface area contributed by atoms with Crippen molar-refractivity contribution in [3.05, 3.63) is 40.1 Å². The van der Waals surface area contributed by atoms with E-state index in [-0.39, 0.29) is 23.1 Å². The Morgan fingerprint density at radius 2 is 2.08 bits per heavy atom. The molecule has 2 heterocycles. The summed E-state index contributed by atoms with van der Waals surface area (Å²) in [6.07, 6.45) is 2.49. The van der Waals surface area contributed by atoms with Gasteiger partial charge in [0.05, 0.1) is 24.4 Å². The Morgan fingerprint density at radius 1 is 1.35 bits per heavy atom. The average molecular weight is 443 g/mol. The van der Waals surface area contributed by atoms with Crippen LogP contribution in [0.4, 0.5) is 0 Å². The van der Waals surface area contributed by atoms with Crippen molar-refractivity contribution in [3.8, 4) is 0 Å². The summed E-state index contributed by atoms with van der Waals surface area (Å²) >= 11 is 3.35. The molecular formula is C17H23BrN4O3S. The van der Waals surface area contributed by atoms with Gasteiger partial charge in [-0.2, -0.15) is 0 Å². The summed E-state index contributed by atoms with van der Waals surface area (Å²) in [6, 6.07) is 6.84. The monoisotopic (exact) mass is 442 g/mol. The van der Waals surface area contributed by atoms with E-state index in [1.54, 1.807) is 16.7 Å². The maximum atomic E-state index is 13.0. The molecule has 0 bridgehead atoms. The largest absolute Gasteiger partial charge is 0.376 e. The van der Waals surface area contributed by atoms with E-state index < -0.39 is 9.84 Å². The van der Waals surface area contributed by atoms with Crippen LogP contribution >= 0.6 is 15.9 Å². The number of hydrogen-bond donors (Lipinski definition) is 1. The molecule has 0 radical (unpaired) electrons. The predicted molar refractivity (Wildman–Crippen MR) is 101 cm³/mol. The molecule has 7 nitrogen and oxygen atoms in total. The molecule has 0 amide bonds. The molecule has 2 unspecified atom stereocenters. The maximum absolute atomic E-state index is 13.0. The lowest BCUT2D eigenvalue weighted by atomic mass is 10.2. The fraction of sp³-hybridized carbons (Fsp3) is 0.529. The van der Waals surface area contributed by atoms with Crippen molar-refractivity contribution in [1.29, 1.82) is 0 Å². The SMILES string of the molecule is CCC(N)c1nnc(S(=O)(=O)Cc2ccc(Br)cc2)n1CC1CCCO1. The molecule has 0 saturated carbocycles. The highest BCUT2D eigenvalue weighted by atomic mass is 79.9. The van der Waals surface area contributed by atoms with Gasteiger partial charge >= 0.3 is 0 Å². The second-order valence-electron chi connectivity index (χ2n) is 6.49. The van der Waals surface area contributed by atoms with Crippen molar-refractivity contribution in [1.82, 2.24) is 14.8 Å². The fourth-order valence-electron chi connectivity index (χ4n) is 3.02. The third-order valence-corrected chi connectivity index (χ3v) is 6.58. The number of halogens is 1. The molecule has 1 saturated heterocycles. The van der Waals surface area contributed by atoms with Crippen molar-refractivity contribution >= 4 is 25.8 Å². The van der Waals surface area contributed by atoms with Crippen LogP contribution in [0.2, 0.25) is 0 Å². The minimum atomic E-state index is -3.66. The van der Waals surface area contributed by atoms with Crippen LogP contribution in [0.5, 0.6) is 0 Å². The molecule has 9 heteroatoms. The van der Waals surface area contributed by atoms with Crippen LogP contribution in [0.15, 0.2) is 33.9 Å². The molecule has 3 rings (SSSR count). The molecule has 1 aliphatic heterocycles. The smallest absolute Gasteiger partial charge is 0.250 e. The van der Waals surface area contributed by atoms with Gasteiger partial charge in [0.15, 0.2) is 5.82 Å². The van der Waals surface area contributed by atoms with E-state index in [0.717, 1.165) is 17.3 Å². The first-order valence-electron chi connectivity index (χ1n) is 8.68. The molecule has 0 aliphatic carbocycles. The van der Waals surface area contributed by atoms with Crippen LogP contribution in [-0.4, -0.2) is 35.9 Å². The Balaban J connectivity index is 1.93. The summed E-state index contributed by atoms with van der Waals surface area (Å²) in [5.74, 6) is 0.364. The Hall–Kier alpha value is -1.29. The topological polar surface area (TPSA) is 100 Å². The number of rotatable bonds is 7. The highest BCUT2D eigenvalue weighted by molar-refractivity contribution is 9.10. The van der Waals surface area contributed by atoms with Gasteiger partial charge < -0.3 is 10.5 Å². The summed E-state index contributed by atoms with van der Waals surface area (Å²) in [4.78, 5) is 0. The van der Waals surface area contributed by atoms with Gasteiger partial charge in [0.2, 0.25) is 15.0 Å². The summed E-state index contributed by atoms with van der Waals surface area (Å²) in [5, 5.41) is 8.06. The maximum Gasteiger partial charge on any atom is 0.250 e. The Kier molecular flexibility index (Phi) is 6.11. The van der Waals surface area contributed by atoms with Crippen LogP contribution in [0.25, 0.3) is 0 Å². The van der Waals surface area contributed by atoms with E-state index in [0.29, 0.717) is 31.0 Å². The predicted octanol–water partition coefficient (Wildman–Crippen LogP) is 2.60. The van der Waals surface area contributed by atoms with Gasteiger partial charge in [-0.25, -0.2) is 8.42 Å². The van der Waals surface area contributed by atoms with Gasteiger partial charge in [0, 0.05) is 11.1 Å². The number of nitrogens with zero attached hydrogens (tertiary/aromatic N) is 3. The first-order valence-corrected chi connectivity index (χ1v) is 11.1. The van der Waals surface area contributed by atoms with Gasteiger partial charge in [-0.15, -0.1) is 10.2 Å². The van der Waals surface area contributed by atoms with E-state index >= 15 is 0 Å². The third kappa shape index (κ3) is 4.33. The third-order valence-electron chi connectivity index (χ3n) is 4.48. The Bertz CT molecular complexity index is 845. The van der Waals surface area contributed by atoms with Crippen molar-refractivity contribution in [3.63, 3.8) is 0 Å². The zero-order valence-corrected chi connectivity index (χ0v) is 17.0. The molecule has 2 N–H and O–H groups in total. The summed E-state index contributed by atoms with van der Waals surface area (Å²) in [5.41, 5.74) is 6.83. The number of sulfone groups is 1. The van der Waals surface area contributed by atoms with E-state index in [1.165, 1.54) is 0 Å². The lowest BCUT2D eigenvalue weighted by Gasteiger charge is -2.17. The van der Waals surface area contributed by atoms with Crippen molar-refractivity contribution < 1.29 is 13.2 Å². The average Bonchev–Trinajstić information content (AvgIpc) is 3.26. The van der Waals surface area contributed by atoms with Gasteiger partial charge in [-0.1, -0.05) is 35.0 Å². The van der Waals surface area contributed by atoms with Crippen LogP contribution in [0, 0.1) is 0 Å². The van der Waals surface area contributed by atoms with Gasteiger partial charge in [-0.3, -0.25) is 4.57 Å². The van der Waals surface area contributed by atoms with Crippen LogP contribution in [-0.2, 0) is 26.9 Å². The number of benzene rings is 1. The van der Waals surface area contributed by atoms with Crippen LogP contribution in [0.3, 0.4) is 0 Å². The first kappa shape index (κ1) is 19.5. The lowest BCUT2D eigenvalue weighted by Crippen LogP contribution is -2.24. The van der Waals surface area contributed by atoms with Gasteiger partial charge in [0.1, 0.15) is 0 Å². The molecule has 1 aliphatic rings. The zero-order chi connectivity index (χ0) is 18.7. The molecule has 2 aromatic rings. The minimum absolute atomic E-state index is 0.0320. The molecule has 1 fully saturated rings. The van der Waals surface area contributed by atoms with Crippen LogP contribution in [0.1, 0.15) is 43.6 Å². The minimum Gasteiger partial charge on any atom is -0.376 e. The molecular weight excluding hydrogens is 420 g/mol. The normalized spacial score (nSPS) is 19.0. The van der Waals surface area contributed by atoms with Gasteiger partial charge in [0.25, 0.3) is 0 Å². The Labute approximate surface area is 162 Å². The highest BCUT2D eigenvalue weighted by Crippen LogP contribution is 2.23. The van der Waals surface area contributed by atoms with E-state index in [9.17, 15) is 8.42 Å². The van der Waals surface area contributed by atoms with Crippen molar-refractivity contribution in [2.75, 3.05) is 6.61 Å². The summed E-state index contributed by atoms with van der Waals surface area (Å²) in [6.45, 7) is 3.04. The molecule has 26 heavy (non-hydrogen) atoms. The second-order valence-corrected chi connectivity index (χ2v) is 9.29. The summed E-state index contributed by atoms with van der Waals surface area (Å²) < 4.78 is 34.2. The summed E-state index contributed by atoms with van der Waals surface area (Å²) in [7, 11) is -3.66. The standard InChI is InChI=1S/C17H23BrN4O3S/c1-2-15(19)16-20-21-17(22(16)10-14-4-3-9-25-14)26(23,24)11-12-5-7-13(18)8-6-12/h5-8,14-15H,2-4,9-11,19H2,1H3. The second kappa shape index (κ2) is 8.16. The van der Waals surface area contributed by atoms with Crippen LogP contribution < -0.4 is 5.73 Å². The molecule has 142 valence electrons. The molecule has 1 aromatic carbocycles. The highest BCUT2D eigenvalue weighted by Gasteiger charge is 2.29. The number of aromatic nitrogens is 3. The molecule has 1 aromatic heterocycles. The molecule has 0 spiro atoms. The lowest BCUT2D eigenvalue weighted by molar-refractivity contribution is 0.0937. The van der Waals surface area contributed by atoms with Gasteiger partial charge in [-0.05, 0) is 37.0 Å². The van der Waals surface area contributed by atoms with E-state index in [1.807, 2.05) is 19.1 Å². The van der Waals surface area contributed by atoms with Crippen molar-refractivity contribution in [2.24, 2.45) is 5.73 Å². The number of hydrogen-bond acceptors (Lipinski definition) is 6. The number of nitrogens with two attached hydrogens (primary N) is 1.